The maximum absolute atomic E-state index is 12.9. The van der Waals surface area contributed by atoms with Crippen molar-refractivity contribution in [1.29, 1.82) is 0 Å². The predicted molar refractivity (Wildman–Crippen MR) is 156 cm³/mol. The summed E-state index contributed by atoms with van der Waals surface area (Å²) in [4.78, 5) is 31.3. The molecule has 1 fully saturated rings. The first kappa shape index (κ1) is 27.4. The number of hydrogen-bond donors (Lipinski definition) is 2. The van der Waals surface area contributed by atoms with E-state index in [9.17, 15) is 9.59 Å². The van der Waals surface area contributed by atoms with Crippen LogP contribution in [0.5, 0.6) is 5.75 Å². The van der Waals surface area contributed by atoms with E-state index in [0.717, 1.165) is 33.6 Å². The van der Waals surface area contributed by atoms with Gasteiger partial charge >= 0.3 is 0 Å². The number of benzene rings is 2. The molecule has 3 N–H and O–H groups in total. The quantitative estimate of drug-likeness (QED) is 0.453. The number of pyridine rings is 1. The minimum Gasteiger partial charge on any atom is -0.488 e. The zero-order valence-corrected chi connectivity index (χ0v) is 23.3. The normalized spacial score (nSPS) is 17.0. The van der Waals surface area contributed by atoms with Gasteiger partial charge in [-0.3, -0.25) is 9.59 Å². The molecular formula is C32H36N4O4. The lowest BCUT2D eigenvalue weighted by molar-refractivity contribution is -0.116. The Labute approximate surface area is 235 Å². The van der Waals surface area contributed by atoms with Crippen molar-refractivity contribution in [3.8, 4) is 16.9 Å². The van der Waals surface area contributed by atoms with Gasteiger partial charge in [0, 0.05) is 42.9 Å². The van der Waals surface area contributed by atoms with Gasteiger partial charge in [-0.1, -0.05) is 45.0 Å². The van der Waals surface area contributed by atoms with Crippen LogP contribution in [0.3, 0.4) is 0 Å². The number of aromatic nitrogens is 1. The second-order valence-corrected chi connectivity index (χ2v) is 11.2. The molecule has 3 heterocycles. The fraction of sp³-hybridized carbons (Fsp3) is 0.344. The minimum absolute atomic E-state index is 0.0315. The summed E-state index contributed by atoms with van der Waals surface area (Å²) >= 11 is 0. The number of hydrogen-bond acceptors (Lipinski definition) is 6. The highest BCUT2D eigenvalue weighted by atomic mass is 16.5. The second kappa shape index (κ2) is 11.5. The van der Waals surface area contributed by atoms with E-state index >= 15 is 0 Å². The topological polar surface area (TPSA) is 107 Å². The summed E-state index contributed by atoms with van der Waals surface area (Å²) in [5, 5.41) is 2.96. The van der Waals surface area contributed by atoms with Gasteiger partial charge in [0.15, 0.2) is 0 Å². The summed E-state index contributed by atoms with van der Waals surface area (Å²) in [7, 11) is 0. The number of fused-ring (bicyclic) bond motifs is 1. The molecule has 1 atom stereocenters. The number of ether oxygens (including phenoxy) is 2. The first-order valence-corrected chi connectivity index (χ1v) is 13.7. The molecule has 2 amide bonds. The molecule has 40 heavy (non-hydrogen) atoms. The van der Waals surface area contributed by atoms with E-state index in [0.29, 0.717) is 50.7 Å². The van der Waals surface area contributed by atoms with E-state index in [2.05, 4.69) is 43.2 Å². The van der Waals surface area contributed by atoms with Crippen LogP contribution in [0, 0.1) is 0 Å². The molecule has 1 saturated heterocycles. The smallest absolute Gasteiger partial charge is 0.254 e. The molecule has 0 spiro atoms. The molecule has 5 rings (SSSR count). The molecule has 1 unspecified atom stereocenters. The number of nitrogens with one attached hydrogen (secondary N) is 1. The molecule has 208 valence electrons. The maximum atomic E-state index is 12.9. The van der Waals surface area contributed by atoms with Crippen molar-refractivity contribution in [2.45, 2.75) is 38.7 Å². The van der Waals surface area contributed by atoms with Crippen LogP contribution < -0.4 is 15.8 Å². The fourth-order valence-electron chi connectivity index (χ4n) is 5.08. The van der Waals surface area contributed by atoms with Gasteiger partial charge in [0.25, 0.3) is 5.91 Å². The Kier molecular flexibility index (Phi) is 7.89. The third-order valence-corrected chi connectivity index (χ3v) is 7.27. The number of nitrogen functional groups attached to an aromatic ring is 1. The van der Waals surface area contributed by atoms with Crippen LogP contribution >= 0.6 is 0 Å². The Hall–Kier alpha value is -4.17. The van der Waals surface area contributed by atoms with Gasteiger partial charge in [-0.15, -0.1) is 0 Å². The van der Waals surface area contributed by atoms with Crippen molar-refractivity contribution in [3.05, 3.63) is 83.1 Å². The molecule has 1 aromatic heterocycles. The Morgan fingerprint density at radius 3 is 2.50 bits per heavy atom. The van der Waals surface area contributed by atoms with E-state index in [1.165, 1.54) is 6.08 Å². The van der Waals surface area contributed by atoms with Crippen LogP contribution in [0.2, 0.25) is 0 Å². The summed E-state index contributed by atoms with van der Waals surface area (Å²) in [5.41, 5.74) is 11.4. The van der Waals surface area contributed by atoms with E-state index in [1.807, 2.05) is 35.2 Å². The molecule has 0 aliphatic carbocycles. The van der Waals surface area contributed by atoms with Crippen LogP contribution in [0.1, 0.15) is 47.8 Å². The van der Waals surface area contributed by atoms with Crippen molar-refractivity contribution in [2.75, 3.05) is 38.6 Å². The largest absolute Gasteiger partial charge is 0.488 e. The summed E-state index contributed by atoms with van der Waals surface area (Å²) in [6, 6.07) is 15.6. The molecule has 2 aromatic carbocycles. The number of nitrogens with two attached hydrogens (primary N) is 1. The van der Waals surface area contributed by atoms with E-state index in [-0.39, 0.29) is 23.3 Å². The lowest BCUT2D eigenvalue weighted by Crippen LogP contribution is -2.40. The van der Waals surface area contributed by atoms with Gasteiger partial charge < -0.3 is 25.4 Å². The first-order valence-electron chi connectivity index (χ1n) is 13.7. The van der Waals surface area contributed by atoms with Crippen LogP contribution in [0.25, 0.3) is 17.2 Å². The monoisotopic (exact) mass is 540 g/mol. The van der Waals surface area contributed by atoms with Gasteiger partial charge in [-0.25, -0.2) is 4.98 Å². The zero-order valence-electron chi connectivity index (χ0n) is 23.3. The van der Waals surface area contributed by atoms with Gasteiger partial charge in [0.1, 0.15) is 17.7 Å². The highest BCUT2D eigenvalue weighted by Gasteiger charge is 2.32. The number of anilines is 1. The van der Waals surface area contributed by atoms with Gasteiger partial charge in [0.2, 0.25) is 5.91 Å². The predicted octanol–water partition coefficient (Wildman–Crippen LogP) is 4.23. The lowest BCUT2D eigenvalue weighted by atomic mass is 9.83. The number of amides is 2. The number of rotatable bonds is 6. The Morgan fingerprint density at radius 1 is 1.07 bits per heavy atom. The van der Waals surface area contributed by atoms with Crippen molar-refractivity contribution in [2.24, 2.45) is 0 Å². The summed E-state index contributed by atoms with van der Waals surface area (Å²) in [5.74, 6) is 1.16. The fourth-order valence-corrected chi connectivity index (χ4v) is 5.08. The number of morpholine rings is 1. The second-order valence-electron chi connectivity index (χ2n) is 11.2. The molecule has 8 heteroatoms. The van der Waals surface area contributed by atoms with Crippen LogP contribution in [-0.2, 0) is 21.4 Å². The van der Waals surface area contributed by atoms with Crippen molar-refractivity contribution >= 4 is 23.7 Å². The highest BCUT2D eigenvalue weighted by molar-refractivity contribution is 5.95. The van der Waals surface area contributed by atoms with E-state index in [4.69, 9.17) is 15.2 Å². The molecule has 2 aliphatic heterocycles. The summed E-state index contributed by atoms with van der Waals surface area (Å²) in [6.07, 6.45) is 5.30. The lowest BCUT2D eigenvalue weighted by Gasteiger charge is -2.27. The van der Waals surface area contributed by atoms with Crippen LogP contribution in [0.4, 0.5) is 5.82 Å². The van der Waals surface area contributed by atoms with Gasteiger partial charge in [0.05, 0.1) is 19.8 Å². The molecule has 2 aliphatic rings. The molecule has 0 bridgehead atoms. The SMILES string of the molecule is CC(C)(C)c1ccc(-c2ccc(C(=O)N3CCOCC3)cc2)c2c1OC(CNC(=O)/C=C/c1ccc(N)nc1)C2. The van der Waals surface area contributed by atoms with Gasteiger partial charge in [-0.2, -0.15) is 0 Å². The average Bonchev–Trinajstić information content (AvgIpc) is 3.39. The third-order valence-electron chi connectivity index (χ3n) is 7.27. The first-order chi connectivity index (χ1) is 19.2. The minimum atomic E-state index is -0.201. The average molecular weight is 541 g/mol. The Balaban J connectivity index is 1.31. The summed E-state index contributed by atoms with van der Waals surface area (Å²) < 4.78 is 11.8. The van der Waals surface area contributed by atoms with Gasteiger partial charge in [-0.05, 0) is 58.0 Å². The number of carbonyl (C=O) groups is 2. The number of nitrogens with zero attached hydrogens (tertiary/aromatic N) is 2. The van der Waals surface area contributed by atoms with Crippen LogP contribution in [0.15, 0.2) is 60.8 Å². The van der Waals surface area contributed by atoms with Crippen molar-refractivity contribution in [1.82, 2.24) is 15.2 Å². The molecule has 8 nitrogen and oxygen atoms in total. The Bertz CT molecular complexity index is 1400. The molecule has 3 aromatic rings. The molecule has 0 radical (unpaired) electrons. The highest BCUT2D eigenvalue weighted by Crippen LogP contribution is 2.44. The Morgan fingerprint density at radius 2 is 1.82 bits per heavy atom. The van der Waals surface area contributed by atoms with Crippen LogP contribution in [-0.4, -0.2) is 60.7 Å². The molecular weight excluding hydrogens is 504 g/mol. The van der Waals surface area contributed by atoms with E-state index < -0.39 is 0 Å². The van der Waals surface area contributed by atoms with E-state index in [1.54, 1.807) is 18.3 Å². The maximum Gasteiger partial charge on any atom is 0.254 e. The standard InChI is InChI=1S/C32H36N4O4/c1-32(2,3)27-11-10-25(22-6-8-23(9-7-22)31(38)36-14-16-39-17-15-36)26-18-24(40-30(26)27)20-35-29(37)13-5-21-4-12-28(33)34-19-21/h4-13,19,24H,14-18,20H2,1-3H3,(H2,33,34)(H,35,37)/b13-5+. The third kappa shape index (κ3) is 6.18. The van der Waals surface area contributed by atoms with Crippen molar-refractivity contribution in [3.63, 3.8) is 0 Å². The van der Waals surface area contributed by atoms with Crippen molar-refractivity contribution < 1.29 is 19.1 Å². The molecule has 0 saturated carbocycles. The number of carbonyl (C=O) groups excluding carboxylic acids is 2. The zero-order chi connectivity index (χ0) is 28.3. The summed E-state index contributed by atoms with van der Waals surface area (Å²) in [6.45, 7) is 9.28.